The van der Waals surface area contributed by atoms with Gasteiger partial charge in [0.1, 0.15) is 17.2 Å². The molecule has 9 rings (SSSR count). The molecule has 4 aliphatic heterocycles. The monoisotopic (exact) mass is 632 g/mol. The Hall–Kier alpha value is -3.13. The first-order valence-corrected chi connectivity index (χ1v) is 17.3. The summed E-state index contributed by atoms with van der Waals surface area (Å²) in [6.45, 7) is 6.51. The van der Waals surface area contributed by atoms with E-state index in [9.17, 15) is 9.90 Å². The van der Waals surface area contributed by atoms with Crippen LogP contribution in [0.1, 0.15) is 95.4 Å². The van der Waals surface area contributed by atoms with Crippen LogP contribution in [0.5, 0.6) is 0 Å². The molecule has 13 nitrogen and oxygen atoms in total. The molecule has 0 bridgehead atoms. The van der Waals surface area contributed by atoms with E-state index in [2.05, 4.69) is 24.2 Å². The van der Waals surface area contributed by atoms with Gasteiger partial charge >= 0.3 is 0 Å². The van der Waals surface area contributed by atoms with Crippen LogP contribution in [-0.2, 0) is 26.1 Å². The Morgan fingerprint density at radius 3 is 2.65 bits per heavy atom. The van der Waals surface area contributed by atoms with E-state index >= 15 is 0 Å². The first kappa shape index (κ1) is 29.0. The van der Waals surface area contributed by atoms with Gasteiger partial charge in [0.05, 0.1) is 30.3 Å². The third-order valence-electron chi connectivity index (χ3n) is 12.0. The summed E-state index contributed by atoms with van der Waals surface area (Å²) >= 11 is 0. The summed E-state index contributed by atoms with van der Waals surface area (Å²) < 4.78 is 21.2. The van der Waals surface area contributed by atoms with Crippen molar-refractivity contribution in [2.24, 2.45) is 0 Å². The number of anilines is 2. The van der Waals surface area contributed by atoms with E-state index in [1.807, 2.05) is 16.5 Å². The number of likely N-dealkylation sites (tertiary alicyclic amines) is 1. The van der Waals surface area contributed by atoms with Gasteiger partial charge in [0.15, 0.2) is 34.5 Å². The van der Waals surface area contributed by atoms with Gasteiger partial charge in [-0.15, -0.1) is 0 Å². The molecule has 0 radical (unpaired) electrons. The second-order valence-electron chi connectivity index (χ2n) is 14.9. The van der Waals surface area contributed by atoms with Crippen molar-refractivity contribution in [3.63, 3.8) is 0 Å². The zero-order chi connectivity index (χ0) is 31.4. The summed E-state index contributed by atoms with van der Waals surface area (Å²) in [5.41, 5.74) is 0.963. The number of carbonyl (C=O) groups is 1. The van der Waals surface area contributed by atoms with Crippen LogP contribution in [0.2, 0.25) is 0 Å². The summed E-state index contributed by atoms with van der Waals surface area (Å²) in [4.78, 5) is 28.4. The van der Waals surface area contributed by atoms with Crippen molar-refractivity contribution in [3.05, 3.63) is 11.3 Å². The first-order valence-electron chi connectivity index (χ1n) is 17.3. The number of hydrogen-bond donors (Lipinski definition) is 2. The normalized spacial score (nSPS) is 33.0. The number of piperidine rings is 1. The number of rotatable bonds is 3. The molecule has 2 spiro atoms. The van der Waals surface area contributed by atoms with Gasteiger partial charge in [0, 0.05) is 24.6 Å². The van der Waals surface area contributed by atoms with Gasteiger partial charge < -0.3 is 34.2 Å². The molecular weight excluding hydrogens is 588 g/mol. The fourth-order valence-electron chi connectivity index (χ4n) is 9.73. The van der Waals surface area contributed by atoms with E-state index in [-0.39, 0.29) is 30.0 Å². The zero-order valence-electron chi connectivity index (χ0n) is 27.0. The molecule has 3 aromatic rings. The quantitative estimate of drug-likeness (QED) is 0.436. The topological polar surface area (TPSA) is 144 Å². The number of likely N-dealkylation sites (N-methyl/N-ethyl adjacent to an activating group) is 1. The molecular formula is C33H44N8O5. The van der Waals surface area contributed by atoms with E-state index in [4.69, 9.17) is 34.2 Å². The molecule has 13 heteroatoms. The van der Waals surface area contributed by atoms with Crippen LogP contribution >= 0.6 is 0 Å². The predicted molar refractivity (Wildman–Crippen MR) is 169 cm³/mol. The fourth-order valence-corrected chi connectivity index (χ4v) is 9.73. The van der Waals surface area contributed by atoms with Crippen molar-refractivity contribution >= 4 is 28.6 Å². The first-order chi connectivity index (χ1) is 22.2. The summed E-state index contributed by atoms with van der Waals surface area (Å²) in [5.74, 6) is 1.59. The SMILES string of the molecule is C[C@@H]([C@@H]1CCCN1C)n1nc2c3c(nc(-c4noc5c4CCC[C@@]54CCCCC45OCCO5)nc31)N1C[C@](C)(O)CC[C@@H]1C(=O)N2. The molecule has 2 N–H and O–H groups in total. The number of nitrogens with zero attached hydrogens (tertiary/aromatic N) is 7. The Morgan fingerprint density at radius 2 is 1.85 bits per heavy atom. The van der Waals surface area contributed by atoms with Crippen LogP contribution in [-0.4, -0.2) is 97.6 Å². The summed E-state index contributed by atoms with van der Waals surface area (Å²) in [7, 11) is 2.16. The Labute approximate surface area is 268 Å². The zero-order valence-corrected chi connectivity index (χ0v) is 27.0. The van der Waals surface area contributed by atoms with Crippen molar-refractivity contribution in [1.29, 1.82) is 0 Å². The maximum absolute atomic E-state index is 13.7. The Balaban J connectivity index is 1.24. The predicted octanol–water partition coefficient (Wildman–Crippen LogP) is 3.70. The van der Waals surface area contributed by atoms with Crippen molar-refractivity contribution in [2.75, 3.05) is 43.6 Å². The number of aromatic nitrogens is 5. The van der Waals surface area contributed by atoms with Crippen LogP contribution < -0.4 is 10.2 Å². The molecule has 2 aliphatic carbocycles. The number of hydrogen-bond acceptors (Lipinski definition) is 11. The average molecular weight is 633 g/mol. The Kier molecular flexibility index (Phi) is 6.43. The third-order valence-corrected chi connectivity index (χ3v) is 12.0. The lowest BCUT2D eigenvalue weighted by atomic mass is 9.61. The van der Waals surface area contributed by atoms with Crippen LogP contribution in [0, 0.1) is 0 Å². The standard InChI is InChI=1S/C33H44N8O5/c1-19(21-9-7-15-39(21)3)41-29-23-26(37-41)36-30(42)22-10-14-31(2,43)18-40(22)28(23)34-27(35-29)24-20-8-6-12-32(25(20)46-38-24)11-4-5-13-33(32)44-16-17-45-33/h19,21-22,43H,4-18H2,1-3H3,(H,36,37,42)/t19-,21-,22+,31+,32-/m0/s1. The molecule has 6 aliphatic rings. The van der Waals surface area contributed by atoms with Crippen LogP contribution in [0.15, 0.2) is 4.52 Å². The average Bonchev–Trinajstić information content (AvgIpc) is 3.84. The molecule has 246 valence electrons. The highest BCUT2D eigenvalue weighted by Crippen LogP contribution is 2.57. The molecule has 3 saturated heterocycles. The smallest absolute Gasteiger partial charge is 0.248 e. The van der Waals surface area contributed by atoms with Crippen molar-refractivity contribution in [2.45, 2.75) is 119 Å². The Bertz CT molecular complexity index is 1710. The number of ether oxygens (including phenoxy) is 2. The summed E-state index contributed by atoms with van der Waals surface area (Å²) in [6.07, 6.45) is 9.86. The van der Waals surface area contributed by atoms with Gasteiger partial charge in [0.2, 0.25) is 5.91 Å². The Morgan fingerprint density at radius 1 is 1.04 bits per heavy atom. The minimum Gasteiger partial charge on any atom is -0.388 e. The van der Waals surface area contributed by atoms with E-state index < -0.39 is 17.4 Å². The number of carbonyl (C=O) groups excluding carboxylic acids is 1. The molecule has 3 aromatic heterocycles. The second-order valence-corrected chi connectivity index (χ2v) is 14.9. The summed E-state index contributed by atoms with van der Waals surface area (Å²) in [6, 6.07) is -0.182. The number of aliphatic hydroxyl groups is 1. The van der Waals surface area contributed by atoms with Gasteiger partial charge in [-0.3, -0.25) is 4.79 Å². The largest absolute Gasteiger partial charge is 0.388 e. The van der Waals surface area contributed by atoms with E-state index in [0.29, 0.717) is 60.2 Å². The lowest BCUT2D eigenvalue weighted by Crippen LogP contribution is -2.56. The second kappa shape index (κ2) is 10.2. The van der Waals surface area contributed by atoms with Gasteiger partial charge in [0.25, 0.3) is 0 Å². The van der Waals surface area contributed by atoms with Gasteiger partial charge in [-0.25, -0.2) is 14.6 Å². The minimum atomic E-state index is -0.968. The molecule has 0 aromatic carbocycles. The minimum absolute atomic E-state index is 0.00388. The number of amides is 1. The molecule has 0 unspecified atom stereocenters. The van der Waals surface area contributed by atoms with Crippen molar-refractivity contribution < 1.29 is 23.9 Å². The molecule has 1 saturated carbocycles. The van der Waals surface area contributed by atoms with Gasteiger partial charge in [-0.2, -0.15) is 5.10 Å². The maximum atomic E-state index is 13.7. The highest BCUT2D eigenvalue weighted by Gasteiger charge is 2.61. The lowest BCUT2D eigenvalue weighted by Gasteiger charge is -2.50. The van der Waals surface area contributed by atoms with Crippen LogP contribution in [0.4, 0.5) is 11.6 Å². The van der Waals surface area contributed by atoms with Gasteiger partial charge in [-0.05, 0) is 85.2 Å². The highest BCUT2D eigenvalue weighted by atomic mass is 16.7. The summed E-state index contributed by atoms with van der Waals surface area (Å²) in [5, 5.41) is 24.8. The van der Waals surface area contributed by atoms with Crippen LogP contribution in [0.25, 0.3) is 22.6 Å². The number of nitrogens with one attached hydrogen (secondary N) is 1. The lowest BCUT2D eigenvalue weighted by molar-refractivity contribution is -0.235. The molecule has 5 atom stereocenters. The van der Waals surface area contributed by atoms with Crippen molar-refractivity contribution in [3.8, 4) is 11.5 Å². The molecule has 7 heterocycles. The van der Waals surface area contributed by atoms with Crippen molar-refractivity contribution in [1.82, 2.24) is 29.8 Å². The van der Waals surface area contributed by atoms with Gasteiger partial charge in [-0.1, -0.05) is 11.6 Å². The fraction of sp³-hybridized carbons (Fsp3) is 0.727. The number of fused-ring (bicyclic) bond motifs is 5. The van der Waals surface area contributed by atoms with E-state index in [1.54, 1.807) is 0 Å². The molecule has 46 heavy (non-hydrogen) atoms. The third kappa shape index (κ3) is 4.04. The molecule has 4 fully saturated rings. The van der Waals surface area contributed by atoms with E-state index in [1.165, 1.54) is 0 Å². The van der Waals surface area contributed by atoms with E-state index in [0.717, 1.165) is 75.7 Å². The molecule has 1 amide bonds. The van der Waals surface area contributed by atoms with Crippen LogP contribution in [0.3, 0.4) is 0 Å². The highest BCUT2D eigenvalue weighted by molar-refractivity contribution is 6.09. The maximum Gasteiger partial charge on any atom is 0.248 e.